The highest BCUT2D eigenvalue weighted by atomic mass is 16.5. The number of carbonyl (C=O) groups excluding carboxylic acids is 2. The van der Waals surface area contributed by atoms with Gasteiger partial charge in [0.2, 0.25) is 5.91 Å². The Bertz CT molecular complexity index is 717. The van der Waals surface area contributed by atoms with Crippen LogP contribution in [0.15, 0.2) is 48.5 Å². The minimum absolute atomic E-state index is 0.0559. The van der Waals surface area contributed by atoms with Crippen molar-refractivity contribution in [1.82, 2.24) is 10.6 Å². The molecule has 2 rings (SSSR count). The van der Waals surface area contributed by atoms with Crippen LogP contribution in [0.4, 0.5) is 0 Å². The summed E-state index contributed by atoms with van der Waals surface area (Å²) in [5, 5.41) is 5.37. The Morgan fingerprint density at radius 3 is 2.32 bits per heavy atom. The molecule has 0 aromatic heterocycles. The highest BCUT2D eigenvalue weighted by Gasteiger charge is 2.08. The highest BCUT2D eigenvalue weighted by Crippen LogP contribution is 2.27. The Labute approximate surface area is 147 Å². The first-order valence-corrected chi connectivity index (χ1v) is 7.95. The molecular weight excluding hydrogens is 320 g/mol. The van der Waals surface area contributed by atoms with Crippen molar-refractivity contribution in [3.63, 3.8) is 0 Å². The molecule has 25 heavy (non-hydrogen) atoms. The second-order valence-corrected chi connectivity index (χ2v) is 5.34. The Balaban J connectivity index is 1.74. The molecule has 0 aliphatic carbocycles. The average molecular weight is 342 g/mol. The van der Waals surface area contributed by atoms with E-state index >= 15 is 0 Å². The number of ether oxygens (including phenoxy) is 2. The summed E-state index contributed by atoms with van der Waals surface area (Å²) in [6.07, 6.45) is 0.652. The smallest absolute Gasteiger partial charge is 0.251 e. The van der Waals surface area contributed by atoms with Gasteiger partial charge in [-0.3, -0.25) is 9.59 Å². The summed E-state index contributed by atoms with van der Waals surface area (Å²) in [4.78, 5) is 23.7. The van der Waals surface area contributed by atoms with Gasteiger partial charge < -0.3 is 20.1 Å². The lowest BCUT2D eigenvalue weighted by Crippen LogP contribution is -2.37. The summed E-state index contributed by atoms with van der Waals surface area (Å²) >= 11 is 0. The molecule has 132 valence electrons. The van der Waals surface area contributed by atoms with Crippen molar-refractivity contribution in [2.24, 2.45) is 0 Å². The molecule has 0 radical (unpaired) electrons. The first-order chi connectivity index (χ1) is 12.1. The fourth-order valence-corrected chi connectivity index (χ4v) is 2.30. The number of amides is 2. The molecule has 2 amide bonds. The highest BCUT2D eigenvalue weighted by molar-refractivity contribution is 5.96. The van der Waals surface area contributed by atoms with Gasteiger partial charge in [-0.05, 0) is 36.2 Å². The van der Waals surface area contributed by atoms with E-state index in [4.69, 9.17) is 9.47 Å². The number of benzene rings is 2. The monoisotopic (exact) mass is 342 g/mol. The normalized spacial score (nSPS) is 10.0. The number of nitrogens with one attached hydrogen (secondary N) is 2. The van der Waals surface area contributed by atoms with Crippen molar-refractivity contribution < 1.29 is 19.1 Å². The summed E-state index contributed by atoms with van der Waals surface area (Å²) in [5.41, 5.74) is 1.55. The largest absolute Gasteiger partial charge is 0.493 e. The van der Waals surface area contributed by atoms with E-state index in [2.05, 4.69) is 10.6 Å². The third kappa shape index (κ3) is 5.53. The molecule has 0 aliphatic heterocycles. The number of rotatable bonds is 8. The zero-order valence-electron chi connectivity index (χ0n) is 14.4. The van der Waals surface area contributed by atoms with E-state index in [1.54, 1.807) is 38.5 Å². The first-order valence-electron chi connectivity index (χ1n) is 7.95. The van der Waals surface area contributed by atoms with E-state index in [0.717, 1.165) is 5.56 Å². The third-order valence-electron chi connectivity index (χ3n) is 3.63. The molecule has 0 bridgehead atoms. The predicted octanol–water partition coefficient (Wildman–Crippen LogP) is 1.79. The fourth-order valence-electron chi connectivity index (χ4n) is 2.30. The zero-order chi connectivity index (χ0) is 18.1. The molecule has 2 N–H and O–H groups in total. The lowest BCUT2D eigenvalue weighted by Gasteiger charge is -2.10. The third-order valence-corrected chi connectivity index (χ3v) is 3.63. The van der Waals surface area contributed by atoms with Crippen molar-refractivity contribution in [2.75, 3.05) is 27.3 Å². The number of hydrogen-bond acceptors (Lipinski definition) is 4. The zero-order valence-corrected chi connectivity index (χ0v) is 14.4. The molecule has 0 atom stereocenters. The van der Waals surface area contributed by atoms with Gasteiger partial charge in [0.15, 0.2) is 11.5 Å². The van der Waals surface area contributed by atoms with Gasteiger partial charge in [-0.2, -0.15) is 0 Å². The Morgan fingerprint density at radius 1 is 0.920 bits per heavy atom. The Hall–Kier alpha value is -3.02. The number of methoxy groups -OCH3 is 2. The topological polar surface area (TPSA) is 76.7 Å². The molecule has 6 nitrogen and oxygen atoms in total. The van der Waals surface area contributed by atoms with Crippen LogP contribution in [-0.4, -0.2) is 39.1 Å². The Morgan fingerprint density at radius 2 is 1.64 bits per heavy atom. The number of carbonyl (C=O) groups is 2. The van der Waals surface area contributed by atoms with Crippen molar-refractivity contribution in [3.05, 3.63) is 59.7 Å². The summed E-state index contributed by atoms with van der Waals surface area (Å²) in [6.45, 7) is 0.412. The number of hydrogen-bond donors (Lipinski definition) is 2. The van der Waals surface area contributed by atoms with Gasteiger partial charge in [0.25, 0.3) is 5.91 Å². The van der Waals surface area contributed by atoms with Crippen molar-refractivity contribution >= 4 is 11.8 Å². The van der Waals surface area contributed by atoms with Crippen molar-refractivity contribution in [1.29, 1.82) is 0 Å². The molecule has 0 saturated heterocycles. The van der Waals surface area contributed by atoms with Crippen molar-refractivity contribution in [3.8, 4) is 11.5 Å². The van der Waals surface area contributed by atoms with Crippen LogP contribution in [0.1, 0.15) is 15.9 Å². The summed E-state index contributed by atoms with van der Waals surface area (Å²) in [7, 11) is 3.17. The van der Waals surface area contributed by atoms with Gasteiger partial charge >= 0.3 is 0 Å². The quantitative estimate of drug-likeness (QED) is 0.767. The van der Waals surface area contributed by atoms with E-state index in [-0.39, 0.29) is 18.4 Å². The first kappa shape index (κ1) is 18.3. The maximum atomic E-state index is 11.9. The summed E-state index contributed by atoms with van der Waals surface area (Å²) < 4.78 is 10.4. The lowest BCUT2D eigenvalue weighted by atomic mass is 10.1. The molecule has 2 aromatic rings. The van der Waals surface area contributed by atoms with Crippen LogP contribution in [0.3, 0.4) is 0 Å². The van der Waals surface area contributed by atoms with Crippen molar-refractivity contribution in [2.45, 2.75) is 6.42 Å². The molecule has 6 heteroatoms. The van der Waals surface area contributed by atoms with Gasteiger partial charge in [-0.1, -0.05) is 24.3 Å². The van der Waals surface area contributed by atoms with Gasteiger partial charge in [0.1, 0.15) is 0 Å². The Kier molecular flexibility index (Phi) is 6.83. The van der Waals surface area contributed by atoms with E-state index in [1.807, 2.05) is 24.3 Å². The standard InChI is InChI=1S/C19H22N2O4/c1-24-16-9-8-14(12-17(16)25-2)10-11-20-18(22)13-21-19(23)15-6-4-3-5-7-15/h3-9,12H,10-11,13H2,1-2H3,(H,20,22)(H,21,23). The van der Waals surface area contributed by atoms with Crippen LogP contribution in [0.5, 0.6) is 11.5 Å². The van der Waals surface area contributed by atoms with Gasteiger partial charge in [-0.25, -0.2) is 0 Å². The van der Waals surface area contributed by atoms with Crippen LogP contribution in [0, 0.1) is 0 Å². The summed E-state index contributed by atoms with van der Waals surface area (Å²) in [5.74, 6) is 0.820. The molecule has 0 fully saturated rings. The molecule has 0 saturated carbocycles. The van der Waals surface area contributed by atoms with Crippen LogP contribution < -0.4 is 20.1 Å². The van der Waals surface area contributed by atoms with E-state index < -0.39 is 0 Å². The van der Waals surface area contributed by atoms with E-state index in [9.17, 15) is 9.59 Å². The molecular formula is C19H22N2O4. The molecule has 0 unspecified atom stereocenters. The van der Waals surface area contributed by atoms with Crippen LogP contribution in [0.2, 0.25) is 0 Å². The van der Waals surface area contributed by atoms with Gasteiger partial charge in [0, 0.05) is 12.1 Å². The lowest BCUT2D eigenvalue weighted by molar-refractivity contribution is -0.120. The maximum absolute atomic E-state index is 11.9. The second-order valence-electron chi connectivity index (χ2n) is 5.34. The SMILES string of the molecule is COc1ccc(CCNC(=O)CNC(=O)c2ccccc2)cc1OC. The van der Waals surface area contributed by atoms with E-state index in [1.165, 1.54) is 0 Å². The van der Waals surface area contributed by atoms with Gasteiger partial charge in [0.05, 0.1) is 20.8 Å². The molecule has 2 aromatic carbocycles. The minimum Gasteiger partial charge on any atom is -0.493 e. The minimum atomic E-state index is -0.268. The fraction of sp³-hybridized carbons (Fsp3) is 0.263. The molecule has 0 spiro atoms. The second kappa shape index (κ2) is 9.32. The predicted molar refractivity (Wildman–Crippen MR) is 95.0 cm³/mol. The van der Waals surface area contributed by atoms with Crippen LogP contribution in [-0.2, 0) is 11.2 Å². The van der Waals surface area contributed by atoms with Crippen LogP contribution >= 0.6 is 0 Å². The molecule has 0 heterocycles. The summed E-state index contributed by atoms with van der Waals surface area (Å²) in [6, 6.07) is 14.4. The van der Waals surface area contributed by atoms with E-state index in [0.29, 0.717) is 30.0 Å². The average Bonchev–Trinajstić information content (AvgIpc) is 2.66. The van der Waals surface area contributed by atoms with Gasteiger partial charge in [-0.15, -0.1) is 0 Å². The van der Waals surface area contributed by atoms with Crippen LogP contribution in [0.25, 0.3) is 0 Å². The molecule has 0 aliphatic rings. The maximum Gasteiger partial charge on any atom is 0.251 e.